The van der Waals surface area contributed by atoms with Crippen molar-refractivity contribution >= 4 is 0 Å². The fraction of sp³-hybridized carbons (Fsp3) is 0.0968. The van der Waals surface area contributed by atoms with Crippen LogP contribution < -0.4 is 9.47 Å². The lowest BCUT2D eigenvalue weighted by molar-refractivity contribution is 0.316. The molecule has 0 radical (unpaired) electrons. The fourth-order valence-corrected chi connectivity index (χ4v) is 5.15. The molecule has 0 saturated carbocycles. The molecule has 0 bridgehead atoms. The maximum Gasteiger partial charge on any atom is 0.176 e. The topological polar surface area (TPSA) is 43.5 Å². The smallest absolute Gasteiger partial charge is 0.176 e. The Balaban J connectivity index is 1.37. The first-order valence-corrected chi connectivity index (χ1v) is 11.7. The molecule has 0 amide bonds. The van der Waals surface area contributed by atoms with Gasteiger partial charge < -0.3 is 18.9 Å². The Morgan fingerprint density at radius 1 is 0.514 bits per heavy atom. The summed E-state index contributed by atoms with van der Waals surface area (Å²) >= 11 is 0. The van der Waals surface area contributed by atoms with Gasteiger partial charge in [-0.25, -0.2) is 0 Å². The lowest BCUT2D eigenvalue weighted by atomic mass is 9.68. The third-order valence-electron chi connectivity index (χ3n) is 6.86. The van der Waals surface area contributed by atoms with Gasteiger partial charge in [-0.1, -0.05) is 72.8 Å². The summed E-state index contributed by atoms with van der Waals surface area (Å²) in [5.74, 6) is 3.38. The van der Waals surface area contributed by atoms with Crippen LogP contribution in [0.2, 0.25) is 0 Å². The molecule has 1 aliphatic carbocycles. The van der Waals surface area contributed by atoms with Gasteiger partial charge in [0, 0.05) is 0 Å². The molecule has 0 unspecified atom stereocenters. The van der Waals surface area contributed by atoms with Crippen molar-refractivity contribution in [3.05, 3.63) is 143 Å². The van der Waals surface area contributed by atoms with Gasteiger partial charge in [0.15, 0.2) is 11.5 Å². The number of rotatable bonds is 8. The van der Waals surface area contributed by atoms with Crippen molar-refractivity contribution in [1.82, 2.24) is 0 Å². The maximum atomic E-state index is 5.87. The zero-order chi connectivity index (χ0) is 23.2. The Bertz CT molecular complexity index is 1360. The molecule has 7 rings (SSSR count). The lowest BCUT2D eigenvalue weighted by Crippen LogP contribution is -2.28. The van der Waals surface area contributed by atoms with Crippen molar-refractivity contribution in [1.29, 1.82) is 0 Å². The fourth-order valence-electron chi connectivity index (χ4n) is 5.15. The number of fused-ring (bicyclic) bond motifs is 3. The summed E-state index contributed by atoms with van der Waals surface area (Å²) in [4.78, 5) is 0. The standard InChI is InChI=1S/C31H22O4/c1-3-7-29-27(5-1)28-6-2-4-8-30(28)31(29,21-9-13-23(14-10-21)32-17-25-19-34-25)22-11-15-24(16-12-22)33-18-26-20-35-26/h1-16,19-20H,17-18H2. The van der Waals surface area contributed by atoms with Gasteiger partial charge in [-0.05, 0) is 57.6 Å². The second kappa shape index (κ2) is 7.81. The molecule has 4 aromatic carbocycles. The highest BCUT2D eigenvalue weighted by Crippen LogP contribution is 2.56. The zero-order valence-corrected chi connectivity index (χ0v) is 18.9. The Hall–Kier alpha value is -4.44. The largest absolute Gasteiger partial charge is 0.486 e. The van der Waals surface area contributed by atoms with E-state index in [-0.39, 0.29) is 0 Å². The third kappa shape index (κ3) is 3.38. The number of benzene rings is 4. The summed E-state index contributed by atoms with van der Waals surface area (Å²) in [5, 5.41) is 0. The van der Waals surface area contributed by atoms with E-state index in [1.807, 2.05) is 24.3 Å². The molecule has 0 atom stereocenters. The van der Waals surface area contributed by atoms with E-state index in [2.05, 4.69) is 72.8 Å². The Kier molecular flexibility index (Phi) is 4.46. The normalized spacial score (nSPS) is 15.5. The van der Waals surface area contributed by atoms with Crippen LogP contribution in [-0.2, 0) is 14.9 Å². The predicted octanol–water partition coefficient (Wildman–Crippen LogP) is 6.55. The summed E-state index contributed by atoms with van der Waals surface area (Å²) in [6, 6.07) is 34.3. The van der Waals surface area contributed by atoms with Crippen LogP contribution in [-0.4, -0.2) is 13.2 Å². The van der Waals surface area contributed by atoms with Crippen molar-refractivity contribution < 1.29 is 18.9 Å². The number of hydrogen-bond acceptors (Lipinski definition) is 4. The van der Waals surface area contributed by atoms with Gasteiger partial charge in [0.25, 0.3) is 0 Å². The van der Waals surface area contributed by atoms with Gasteiger partial charge in [-0.2, -0.15) is 0 Å². The molecule has 0 aromatic heterocycles. The van der Waals surface area contributed by atoms with Crippen LogP contribution in [0.3, 0.4) is 0 Å². The van der Waals surface area contributed by atoms with Crippen LogP contribution >= 0.6 is 0 Å². The average molecular weight is 459 g/mol. The van der Waals surface area contributed by atoms with E-state index in [9.17, 15) is 0 Å². The highest BCUT2D eigenvalue weighted by molar-refractivity contribution is 5.86. The minimum Gasteiger partial charge on any atom is -0.486 e. The first kappa shape index (κ1) is 20.0. The maximum absolute atomic E-state index is 5.87. The van der Waals surface area contributed by atoms with Gasteiger partial charge >= 0.3 is 0 Å². The Morgan fingerprint density at radius 2 is 0.914 bits per heavy atom. The molecular weight excluding hydrogens is 436 g/mol. The van der Waals surface area contributed by atoms with Crippen molar-refractivity contribution in [3.8, 4) is 22.6 Å². The molecule has 4 heteroatoms. The number of hydrogen-bond donors (Lipinski definition) is 0. The van der Waals surface area contributed by atoms with Gasteiger partial charge in [0.05, 0.1) is 5.41 Å². The second-order valence-corrected chi connectivity index (χ2v) is 8.87. The molecule has 35 heavy (non-hydrogen) atoms. The molecule has 0 saturated heterocycles. The van der Waals surface area contributed by atoms with Crippen LogP contribution in [0, 0.1) is 0 Å². The predicted molar refractivity (Wildman–Crippen MR) is 133 cm³/mol. The Morgan fingerprint density at radius 3 is 1.31 bits per heavy atom. The molecule has 2 heterocycles. The minimum atomic E-state index is -0.450. The van der Waals surface area contributed by atoms with Gasteiger partial charge in [-0.3, -0.25) is 0 Å². The first-order valence-electron chi connectivity index (χ1n) is 11.7. The van der Waals surface area contributed by atoms with Crippen molar-refractivity contribution in [3.63, 3.8) is 0 Å². The lowest BCUT2D eigenvalue weighted by Gasteiger charge is -2.34. The molecule has 2 aliphatic heterocycles. The van der Waals surface area contributed by atoms with Crippen LogP contribution in [0.15, 0.2) is 121 Å². The minimum absolute atomic E-state index is 0.450. The molecule has 0 N–H and O–H groups in total. The van der Waals surface area contributed by atoms with Crippen LogP contribution in [0.1, 0.15) is 22.3 Å². The van der Waals surface area contributed by atoms with E-state index >= 15 is 0 Å². The van der Waals surface area contributed by atoms with E-state index in [0.717, 1.165) is 23.0 Å². The van der Waals surface area contributed by atoms with E-state index in [1.54, 1.807) is 12.5 Å². The number of ether oxygens (including phenoxy) is 4. The van der Waals surface area contributed by atoms with E-state index in [4.69, 9.17) is 18.9 Å². The van der Waals surface area contributed by atoms with E-state index < -0.39 is 5.41 Å². The highest BCUT2D eigenvalue weighted by atomic mass is 16.6. The van der Waals surface area contributed by atoms with Crippen molar-refractivity contribution in [2.45, 2.75) is 5.41 Å². The summed E-state index contributed by atoms with van der Waals surface area (Å²) in [7, 11) is 0. The molecular formula is C31H22O4. The average Bonchev–Trinajstić information content (AvgIpc) is 3.85. The molecule has 4 nitrogen and oxygen atoms in total. The summed E-state index contributed by atoms with van der Waals surface area (Å²) < 4.78 is 21.9. The van der Waals surface area contributed by atoms with Crippen LogP contribution in [0.4, 0.5) is 0 Å². The Labute approximate surface area is 203 Å². The SMILES string of the molecule is C1=C(COc2ccc(C3(c4ccc(OCC5=CO5)cc4)c4ccccc4-c4ccccc43)cc2)O1. The third-order valence-corrected chi connectivity index (χ3v) is 6.86. The second-order valence-electron chi connectivity index (χ2n) is 8.87. The van der Waals surface area contributed by atoms with Crippen molar-refractivity contribution in [2.75, 3.05) is 13.2 Å². The summed E-state index contributed by atoms with van der Waals surface area (Å²) in [6.07, 6.45) is 3.41. The van der Waals surface area contributed by atoms with Crippen molar-refractivity contribution in [2.24, 2.45) is 0 Å². The zero-order valence-electron chi connectivity index (χ0n) is 18.9. The molecule has 3 aliphatic rings. The van der Waals surface area contributed by atoms with E-state index in [1.165, 1.54) is 33.4 Å². The van der Waals surface area contributed by atoms with Gasteiger partial charge in [-0.15, -0.1) is 0 Å². The molecule has 0 fully saturated rings. The summed E-state index contributed by atoms with van der Waals surface area (Å²) in [5.41, 5.74) is 7.00. The van der Waals surface area contributed by atoms with Crippen LogP contribution in [0.25, 0.3) is 11.1 Å². The first-order chi connectivity index (χ1) is 17.3. The van der Waals surface area contributed by atoms with Gasteiger partial charge in [0.1, 0.15) is 37.2 Å². The molecule has 170 valence electrons. The monoisotopic (exact) mass is 458 g/mol. The van der Waals surface area contributed by atoms with Gasteiger partial charge in [0.2, 0.25) is 0 Å². The van der Waals surface area contributed by atoms with E-state index in [0.29, 0.717) is 13.2 Å². The highest BCUT2D eigenvalue weighted by Gasteiger charge is 2.45. The summed E-state index contributed by atoms with van der Waals surface area (Å²) in [6.45, 7) is 0.916. The molecule has 0 spiro atoms. The molecule has 4 aromatic rings. The van der Waals surface area contributed by atoms with Crippen LogP contribution in [0.5, 0.6) is 11.5 Å². The quantitative estimate of drug-likeness (QED) is 0.264.